The van der Waals surface area contributed by atoms with E-state index in [1.165, 1.54) is 18.4 Å². The largest absolute Gasteiger partial charge is 0.356 e. The Bertz CT molecular complexity index is 613. The lowest BCUT2D eigenvalue weighted by Crippen LogP contribution is -2.42. The van der Waals surface area contributed by atoms with Crippen LogP contribution in [0.3, 0.4) is 0 Å². The number of sulfone groups is 1. The van der Waals surface area contributed by atoms with Crippen molar-refractivity contribution in [3.8, 4) is 0 Å². The van der Waals surface area contributed by atoms with Gasteiger partial charge in [0.05, 0.1) is 5.75 Å². The summed E-state index contributed by atoms with van der Waals surface area (Å²) in [4.78, 5) is 4.16. The van der Waals surface area contributed by atoms with Gasteiger partial charge in [0, 0.05) is 31.3 Å². The summed E-state index contributed by atoms with van der Waals surface area (Å²) in [6.45, 7) is 2.87. The highest BCUT2D eigenvalue weighted by molar-refractivity contribution is 14.0. The van der Waals surface area contributed by atoms with E-state index in [-0.39, 0.29) is 40.9 Å². The molecule has 0 unspecified atom stereocenters. The lowest BCUT2D eigenvalue weighted by Gasteiger charge is -2.19. The Morgan fingerprint density at radius 3 is 2.39 bits per heavy atom. The van der Waals surface area contributed by atoms with E-state index < -0.39 is 9.84 Å². The zero-order valence-electron chi connectivity index (χ0n) is 13.7. The van der Waals surface area contributed by atoms with Crippen LogP contribution in [0.15, 0.2) is 35.3 Å². The number of hydrogen-bond acceptors (Lipinski definition) is 3. The van der Waals surface area contributed by atoms with Crippen LogP contribution >= 0.6 is 24.0 Å². The average molecular weight is 451 g/mol. The predicted octanol–water partition coefficient (Wildman–Crippen LogP) is 1.94. The molecule has 0 bridgehead atoms. The zero-order chi connectivity index (χ0) is 16.1. The average Bonchev–Trinajstić information content (AvgIpc) is 3.32. The van der Waals surface area contributed by atoms with E-state index in [4.69, 9.17) is 0 Å². The molecule has 23 heavy (non-hydrogen) atoms. The van der Waals surface area contributed by atoms with Crippen molar-refractivity contribution < 1.29 is 8.42 Å². The van der Waals surface area contributed by atoms with Crippen molar-refractivity contribution >= 4 is 39.8 Å². The van der Waals surface area contributed by atoms with Gasteiger partial charge in [0.15, 0.2) is 15.8 Å². The van der Waals surface area contributed by atoms with Crippen molar-refractivity contribution in [2.75, 3.05) is 31.6 Å². The van der Waals surface area contributed by atoms with Gasteiger partial charge in [-0.3, -0.25) is 4.99 Å². The molecule has 0 aliphatic heterocycles. The Labute approximate surface area is 156 Å². The first-order chi connectivity index (χ1) is 10.5. The third-order valence-corrected chi connectivity index (χ3v) is 5.91. The first kappa shape index (κ1) is 20.2. The summed E-state index contributed by atoms with van der Waals surface area (Å²) in [5.74, 6) is 0.972. The Balaban J connectivity index is 0.00000264. The molecule has 1 saturated carbocycles. The van der Waals surface area contributed by atoms with E-state index in [0.29, 0.717) is 12.5 Å². The molecule has 2 rings (SSSR count). The summed E-state index contributed by atoms with van der Waals surface area (Å²) in [6.07, 6.45) is 2.34. The fourth-order valence-corrected chi connectivity index (χ4v) is 3.15. The van der Waals surface area contributed by atoms with Gasteiger partial charge in [0.2, 0.25) is 0 Å². The molecular weight excluding hydrogens is 425 g/mol. The molecular formula is C16H26IN3O2S. The van der Waals surface area contributed by atoms with Crippen LogP contribution in [0.5, 0.6) is 0 Å². The zero-order valence-corrected chi connectivity index (χ0v) is 16.9. The third-order valence-electron chi connectivity index (χ3n) is 4.20. The monoisotopic (exact) mass is 451 g/mol. The highest BCUT2D eigenvalue weighted by Gasteiger charge is 2.43. The molecule has 0 saturated heterocycles. The normalized spacial score (nSPS) is 16.3. The molecule has 0 spiro atoms. The van der Waals surface area contributed by atoms with Gasteiger partial charge in [-0.15, -0.1) is 24.0 Å². The van der Waals surface area contributed by atoms with Gasteiger partial charge in [-0.05, 0) is 18.4 Å². The van der Waals surface area contributed by atoms with Crippen molar-refractivity contribution in [2.24, 2.45) is 4.99 Å². The predicted molar refractivity (Wildman–Crippen MR) is 106 cm³/mol. The Kier molecular flexibility index (Phi) is 7.79. The number of nitrogens with zero attached hydrogens (tertiary/aromatic N) is 1. The highest BCUT2D eigenvalue weighted by Crippen LogP contribution is 2.47. The maximum Gasteiger partial charge on any atom is 0.191 e. The molecule has 1 aliphatic rings. The van der Waals surface area contributed by atoms with E-state index >= 15 is 0 Å². The summed E-state index contributed by atoms with van der Waals surface area (Å²) >= 11 is 0. The van der Waals surface area contributed by atoms with Crippen LogP contribution in [-0.2, 0) is 15.3 Å². The van der Waals surface area contributed by atoms with Crippen LogP contribution in [0.2, 0.25) is 0 Å². The molecule has 0 heterocycles. The quantitative estimate of drug-likeness (QED) is 0.378. The number of rotatable bonds is 7. The molecule has 1 aromatic rings. The summed E-state index contributed by atoms with van der Waals surface area (Å²) in [5, 5.41) is 6.39. The summed E-state index contributed by atoms with van der Waals surface area (Å²) in [7, 11) is -1.24. The second-order valence-corrected chi connectivity index (χ2v) is 8.21. The topological polar surface area (TPSA) is 70.6 Å². The van der Waals surface area contributed by atoms with Gasteiger partial charge in [-0.1, -0.05) is 37.3 Å². The minimum Gasteiger partial charge on any atom is -0.356 e. The Hall–Kier alpha value is -0.830. The van der Waals surface area contributed by atoms with Crippen molar-refractivity contribution in [3.63, 3.8) is 0 Å². The van der Waals surface area contributed by atoms with Crippen molar-refractivity contribution in [1.82, 2.24) is 10.6 Å². The SMILES string of the molecule is CCS(=O)(=O)CCNC(=NC)NCC1(c2ccccc2)CC1.I. The molecule has 0 amide bonds. The van der Waals surface area contributed by atoms with E-state index in [1.54, 1.807) is 14.0 Å². The number of nitrogens with one attached hydrogen (secondary N) is 2. The molecule has 1 aliphatic carbocycles. The maximum absolute atomic E-state index is 11.5. The van der Waals surface area contributed by atoms with Crippen LogP contribution in [0.4, 0.5) is 0 Å². The fraction of sp³-hybridized carbons (Fsp3) is 0.562. The second kappa shape index (κ2) is 8.86. The standard InChI is InChI=1S/C16H25N3O2S.HI/c1-3-22(20,21)12-11-18-15(17-2)19-13-16(9-10-16)14-7-5-4-6-8-14;/h4-8H,3,9-13H2,1-2H3,(H2,17,18,19);1H. The van der Waals surface area contributed by atoms with Gasteiger partial charge in [0.25, 0.3) is 0 Å². The van der Waals surface area contributed by atoms with Gasteiger partial charge < -0.3 is 10.6 Å². The molecule has 1 aromatic carbocycles. The smallest absolute Gasteiger partial charge is 0.191 e. The van der Waals surface area contributed by atoms with E-state index in [2.05, 4.69) is 39.9 Å². The minimum atomic E-state index is -2.94. The van der Waals surface area contributed by atoms with E-state index in [0.717, 1.165) is 6.54 Å². The Morgan fingerprint density at radius 1 is 1.22 bits per heavy atom. The van der Waals surface area contributed by atoms with Crippen LogP contribution < -0.4 is 10.6 Å². The summed E-state index contributed by atoms with van der Waals surface area (Å²) in [5.41, 5.74) is 1.56. The first-order valence-corrected chi connectivity index (χ1v) is 9.54. The summed E-state index contributed by atoms with van der Waals surface area (Å²) < 4.78 is 23.0. The van der Waals surface area contributed by atoms with Gasteiger partial charge >= 0.3 is 0 Å². The van der Waals surface area contributed by atoms with Crippen LogP contribution in [0, 0.1) is 0 Å². The van der Waals surface area contributed by atoms with Crippen molar-refractivity contribution in [1.29, 1.82) is 0 Å². The molecule has 1 fully saturated rings. The molecule has 7 heteroatoms. The molecule has 130 valence electrons. The van der Waals surface area contributed by atoms with Crippen molar-refractivity contribution in [3.05, 3.63) is 35.9 Å². The molecule has 5 nitrogen and oxygen atoms in total. The van der Waals surface area contributed by atoms with Crippen LogP contribution in [0.25, 0.3) is 0 Å². The Morgan fingerprint density at radius 2 is 1.87 bits per heavy atom. The molecule has 0 aromatic heterocycles. The lowest BCUT2D eigenvalue weighted by molar-refractivity contribution is 0.595. The second-order valence-electron chi connectivity index (χ2n) is 5.74. The van der Waals surface area contributed by atoms with E-state index in [1.807, 2.05) is 6.07 Å². The van der Waals surface area contributed by atoms with Gasteiger partial charge in [-0.25, -0.2) is 8.42 Å². The van der Waals surface area contributed by atoms with E-state index in [9.17, 15) is 8.42 Å². The number of guanidine groups is 1. The number of aliphatic imine (C=N–C) groups is 1. The fourth-order valence-electron chi connectivity index (χ4n) is 2.45. The van der Waals surface area contributed by atoms with Crippen molar-refractivity contribution in [2.45, 2.75) is 25.2 Å². The molecule has 0 radical (unpaired) electrons. The maximum atomic E-state index is 11.5. The summed E-state index contributed by atoms with van der Waals surface area (Å²) in [6, 6.07) is 10.5. The number of halogens is 1. The highest BCUT2D eigenvalue weighted by atomic mass is 127. The third kappa shape index (κ3) is 5.95. The number of benzene rings is 1. The first-order valence-electron chi connectivity index (χ1n) is 7.72. The number of hydrogen-bond donors (Lipinski definition) is 2. The minimum absolute atomic E-state index is 0. The van der Waals surface area contributed by atoms with Crippen LogP contribution in [-0.4, -0.2) is 46.0 Å². The van der Waals surface area contributed by atoms with Crippen LogP contribution in [0.1, 0.15) is 25.3 Å². The van der Waals surface area contributed by atoms with Gasteiger partial charge in [-0.2, -0.15) is 0 Å². The molecule has 0 atom stereocenters. The molecule has 2 N–H and O–H groups in total. The van der Waals surface area contributed by atoms with Gasteiger partial charge in [0.1, 0.15) is 0 Å². The lowest BCUT2D eigenvalue weighted by atomic mass is 9.96.